The van der Waals surface area contributed by atoms with E-state index in [2.05, 4.69) is 15.3 Å². The third-order valence-electron chi connectivity index (χ3n) is 4.66. The van der Waals surface area contributed by atoms with Gasteiger partial charge in [0, 0.05) is 6.07 Å². The summed E-state index contributed by atoms with van der Waals surface area (Å²) in [6.07, 6.45) is 1.24. The van der Waals surface area contributed by atoms with Gasteiger partial charge in [-0.3, -0.25) is 10.1 Å². The van der Waals surface area contributed by atoms with Crippen molar-refractivity contribution in [3.63, 3.8) is 0 Å². The summed E-state index contributed by atoms with van der Waals surface area (Å²) >= 11 is 0. The number of hydrogen-bond donors (Lipinski definition) is 2. The van der Waals surface area contributed by atoms with Crippen LogP contribution in [0.2, 0.25) is 0 Å². The van der Waals surface area contributed by atoms with E-state index in [9.17, 15) is 14.3 Å². The molecule has 2 aromatic carbocycles. The first-order valence-corrected chi connectivity index (χ1v) is 8.01. The Morgan fingerprint density at radius 3 is 2.27 bits per heavy atom. The highest BCUT2D eigenvalue weighted by Crippen LogP contribution is 2.49. The van der Waals surface area contributed by atoms with Gasteiger partial charge in [0.2, 0.25) is 0 Å². The first kappa shape index (κ1) is 14.9. The average molecular weight is 353 g/mol. The van der Waals surface area contributed by atoms with E-state index in [-0.39, 0.29) is 12.0 Å². The van der Waals surface area contributed by atoms with Crippen molar-refractivity contribution in [3.8, 4) is 0 Å². The van der Waals surface area contributed by atoms with Gasteiger partial charge in [-0.2, -0.15) is 9.97 Å². The molecule has 2 heterocycles. The number of aromatic nitrogens is 2. The minimum absolute atomic E-state index is 0.126. The molecule has 1 aliphatic carbocycles. The summed E-state index contributed by atoms with van der Waals surface area (Å²) in [6.45, 7) is 0. The molecule has 8 heteroatoms. The lowest BCUT2D eigenvalue weighted by Crippen LogP contribution is -2.19. The predicted octanol–water partition coefficient (Wildman–Crippen LogP) is 3.97. The van der Waals surface area contributed by atoms with Crippen LogP contribution in [-0.2, 0) is 10.2 Å². The van der Waals surface area contributed by atoms with Crippen molar-refractivity contribution in [2.45, 2.75) is 18.3 Å². The Hall–Kier alpha value is -3.42. The lowest BCUT2D eigenvalue weighted by molar-refractivity contribution is -0.140. The lowest BCUT2D eigenvalue weighted by atomic mass is 9.96. The van der Waals surface area contributed by atoms with Crippen molar-refractivity contribution in [1.82, 2.24) is 9.97 Å². The summed E-state index contributed by atoms with van der Waals surface area (Å²) in [4.78, 5) is 19.9. The quantitative estimate of drug-likeness (QED) is 0.572. The Morgan fingerprint density at radius 2 is 1.65 bits per heavy atom. The molecule has 0 spiro atoms. The zero-order valence-corrected chi connectivity index (χ0v) is 13.3. The van der Waals surface area contributed by atoms with Crippen LogP contribution >= 0.6 is 0 Å². The molecule has 26 heavy (non-hydrogen) atoms. The number of nitrogens with one attached hydrogen (secondary N) is 1. The molecule has 1 fully saturated rings. The molecule has 1 saturated carbocycles. The Bertz CT molecular complexity index is 1180. The topological polar surface area (TPSA) is 101 Å². The molecule has 0 bridgehead atoms. The Labute approximate surface area is 145 Å². The van der Waals surface area contributed by atoms with Crippen LogP contribution in [0.5, 0.6) is 0 Å². The van der Waals surface area contributed by atoms with Gasteiger partial charge in [-0.05, 0) is 42.7 Å². The second kappa shape index (κ2) is 5.04. The zero-order valence-electron chi connectivity index (χ0n) is 13.3. The van der Waals surface area contributed by atoms with Crippen molar-refractivity contribution in [1.29, 1.82) is 0 Å². The summed E-state index contributed by atoms with van der Waals surface area (Å²) in [7, 11) is 0. The maximum Gasteiger partial charge on any atom is 0.314 e. The molecular formula is C18H12FN3O4. The van der Waals surface area contributed by atoms with Crippen molar-refractivity contribution in [3.05, 3.63) is 47.8 Å². The number of nitrogens with zero attached hydrogens (tertiary/aromatic N) is 2. The van der Waals surface area contributed by atoms with E-state index >= 15 is 0 Å². The van der Waals surface area contributed by atoms with Gasteiger partial charge in [0.1, 0.15) is 16.9 Å². The SMILES string of the molecule is O=C(O)C1(c2ccc3oc(Nc4nc5cc(F)ccc5o4)nc3c2)CC1. The Balaban J connectivity index is 1.48. The van der Waals surface area contributed by atoms with Crippen LogP contribution in [0.25, 0.3) is 22.2 Å². The predicted molar refractivity (Wildman–Crippen MR) is 89.8 cm³/mol. The summed E-state index contributed by atoms with van der Waals surface area (Å²) in [5.74, 6) is -1.23. The monoisotopic (exact) mass is 353 g/mol. The average Bonchev–Trinajstić information content (AvgIpc) is 3.19. The van der Waals surface area contributed by atoms with Gasteiger partial charge in [-0.25, -0.2) is 4.39 Å². The molecule has 4 aromatic rings. The van der Waals surface area contributed by atoms with E-state index in [1.807, 2.05) is 0 Å². The largest absolute Gasteiger partial charge is 0.481 e. The molecule has 7 nitrogen and oxygen atoms in total. The maximum absolute atomic E-state index is 13.2. The van der Waals surface area contributed by atoms with Crippen LogP contribution in [0.1, 0.15) is 18.4 Å². The number of halogens is 1. The second-order valence-corrected chi connectivity index (χ2v) is 6.34. The van der Waals surface area contributed by atoms with E-state index < -0.39 is 17.2 Å². The number of carboxylic acid groups (broad SMARTS) is 1. The van der Waals surface area contributed by atoms with Crippen LogP contribution in [-0.4, -0.2) is 21.0 Å². The summed E-state index contributed by atoms with van der Waals surface area (Å²) < 4.78 is 24.3. The van der Waals surface area contributed by atoms with Gasteiger partial charge < -0.3 is 13.9 Å². The summed E-state index contributed by atoms with van der Waals surface area (Å²) in [5, 5.41) is 12.2. The molecule has 0 amide bonds. The fourth-order valence-electron chi connectivity index (χ4n) is 3.08. The third-order valence-corrected chi connectivity index (χ3v) is 4.66. The number of oxazole rings is 2. The van der Waals surface area contributed by atoms with Crippen LogP contribution < -0.4 is 5.32 Å². The summed E-state index contributed by atoms with van der Waals surface area (Å²) in [5.41, 5.74) is 1.78. The number of carbonyl (C=O) groups is 1. The van der Waals surface area contributed by atoms with E-state index in [1.165, 1.54) is 18.2 Å². The number of benzene rings is 2. The minimum atomic E-state index is -0.822. The normalized spacial score (nSPS) is 15.4. The van der Waals surface area contributed by atoms with Crippen LogP contribution in [0, 0.1) is 5.82 Å². The minimum Gasteiger partial charge on any atom is -0.481 e. The molecule has 0 saturated heterocycles. The van der Waals surface area contributed by atoms with Crippen molar-refractivity contribution in [2.75, 3.05) is 5.32 Å². The molecule has 0 unspecified atom stereocenters. The Kier molecular flexibility index (Phi) is 2.89. The molecule has 5 rings (SSSR count). The van der Waals surface area contributed by atoms with Gasteiger partial charge in [0.15, 0.2) is 11.2 Å². The standard InChI is InChI=1S/C18H12FN3O4/c19-10-2-4-14-12(8-10)21-17(26-14)22-16-20-11-7-9(1-3-13(11)25-16)18(5-6-18)15(23)24/h1-4,7-8H,5-6H2,(H,23,24)(H,20,21,22). The zero-order chi connectivity index (χ0) is 17.9. The number of fused-ring (bicyclic) bond motifs is 2. The number of rotatable bonds is 4. The maximum atomic E-state index is 13.2. The Morgan fingerprint density at radius 1 is 1.04 bits per heavy atom. The highest BCUT2D eigenvalue weighted by Gasteiger charge is 2.51. The summed E-state index contributed by atoms with van der Waals surface area (Å²) in [6, 6.07) is 9.51. The molecule has 130 valence electrons. The molecule has 2 N–H and O–H groups in total. The smallest absolute Gasteiger partial charge is 0.314 e. The van der Waals surface area contributed by atoms with Crippen molar-refractivity contribution < 1.29 is 23.1 Å². The highest BCUT2D eigenvalue weighted by atomic mass is 19.1. The first-order chi connectivity index (χ1) is 12.5. The van der Waals surface area contributed by atoms with Gasteiger partial charge >= 0.3 is 18.0 Å². The molecule has 0 radical (unpaired) electrons. The molecule has 2 aromatic heterocycles. The van der Waals surface area contributed by atoms with Crippen LogP contribution in [0.4, 0.5) is 16.4 Å². The first-order valence-electron chi connectivity index (χ1n) is 8.01. The van der Waals surface area contributed by atoms with Gasteiger partial charge in [0.25, 0.3) is 0 Å². The number of anilines is 2. The van der Waals surface area contributed by atoms with E-state index in [0.717, 1.165) is 5.56 Å². The number of hydrogen-bond acceptors (Lipinski definition) is 6. The number of aliphatic carboxylic acids is 1. The fourth-order valence-corrected chi connectivity index (χ4v) is 3.08. The van der Waals surface area contributed by atoms with E-state index in [4.69, 9.17) is 8.83 Å². The molecule has 1 aliphatic rings. The second-order valence-electron chi connectivity index (χ2n) is 6.34. The van der Waals surface area contributed by atoms with Gasteiger partial charge in [-0.15, -0.1) is 0 Å². The van der Waals surface area contributed by atoms with Crippen LogP contribution in [0.3, 0.4) is 0 Å². The molecule has 0 aliphatic heterocycles. The fraction of sp³-hybridized carbons (Fsp3) is 0.167. The molecule has 0 atom stereocenters. The van der Waals surface area contributed by atoms with Gasteiger partial charge in [-0.1, -0.05) is 6.07 Å². The van der Waals surface area contributed by atoms with Gasteiger partial charge in [0.05, 0.1) is 5.41 Å². The molecular weight excluding hydrogens is 341 g/mol. The van der Waals surface area contributed by atoms with Crippen molar-refractivity contribution >= 4 is 40.2 Å². The van der Waals surface area contributed by atoms with Crippen LogP contribution in [0.15, 0.2) is 45.2 Å². The number of carboxylic acids is 1. The van der Waals surface area contributed by atoms with Crippen molar-refractivity contribution in [2.24, 2.45) is 0 Å². The highest BCUT2D eigenvalue weighted by molar-refractivity contribution is 5.87. The van der Waals surface area contributed by atoms with E-state index in [0.29, 0.717) is 35.0 Å². The third kappa shape index (κ3) is 2.22. The lowest BCUT2D eigenvalue weighted by Gasteiger charge is -2.08. The van der Waals surface area contributed by atoms with E-state index in [1.54, 1.807) is 18.2 Å².